The maximum Gasteiger partial charge on any atom is 0.143 e. The van der Waals surface area contributed by atoms with Gasteiger partial charge in [-0.15, -0.1) is 0 Å². The summed E-state index contributed by atoms with van der Waals surface area (Å²) in [6.45, 7) is 0. The molecular formula is C59H39NO. The molecule has 0 fully saturated rings. The van der Waals surface area contributed by atoms with Gasteiger partial charge >= 0.3 is 0 Å². The molecule has 0 atom stereocenters. The number of para-hydroxylation sites is 3. The largest absolute Gasteiger partial charge is 0.455 e. The second kappa shape index (κ2) is 14.1. The number of anilines is 3. The van der Waals surface area contributed by atoms with E-state index in [1.54, 1.807) is 0 Å². The quantitative estimate of drug-likeness (QED) is 0.160. The van der Waals surface area contributed by atoms with Crippen LogP contribution in [-0.2, 0) is 5.41 Å². The van der Waals surface area contributed by atoms with E-state index in [2.05, 4.69) is 241 Å². The van der Waals surface area contributed by atoms with Gasteiger partial charge in [-0.05, 0) is 63.0 Å². The molecule has 2 heteroatoms. The Kier molecular flexibility index (Phi) is 8.11. The molecule has 0 unspecified atom stereocenters. The van der Waals surface area contributed by atoms with Crippen molar-refractivity contribution in [2.24, 2.45) is 0 Å². The summed E-state index contributed by atoms with van der Waals surface area (Å²) in [6.07, 6.45) is 0. The fraction of sp³-hybridized carbons (Fsp3) is 0.0169. The number of hydrogen-bond donors (Lipinski definition) is 0. The number of fused-ring (bicyclic) bond motifs is 8. The summed E-state index contributed by atoms with van der Waals surface area (Å²) in [6, 6.07) is 86.0. The molecule has 0 saturated heterocycles. The van der Waals surface area contributed by atoms with E-state index in [0.717, 1.165) is 66.6 Å². The fourth-order valence-electron chi connectivity index (χ4n) is 10.2. The summed E-state index contributed by atoms with van der Waals surface area (Å²) in [4.78, 5) is 2.51. The molecule has 0 amide bonds. The van der Waals surface area contributed by atoms with E-state index in [1.807, 2.05) is 0 Å². The van der Waals surface area contributed by atoms with E-state index < -0.39 is 5.41 Å². The van der Waals surface area contributed by atoms with Gasteiger partial charge in [0.25, 0.3) is 0 Å². The summed E-state index contributed by atoms with van der Waals surface area (Å²) < 4.78 is 7.02. The highest BCUT2D eigenvalue weighted by Crippen LogP contribution is 2.60. The second-order valence-corrected chi connectivity index (χ2v) is 15.9. The summed E-state index contributed by atoms with van der Waals surface area (Å²) >= 11 is 0. The van der Waals surface area contributed by atoms with Crippen molar-refractivity contribution < 1.29 is 4.42 Å². The van der Waals surface area contributed by atoms with Crippen LogP contribution in [0.2, 0.25) is 0 Å². The van der Waals surface area contributed by atoms with Crippen LogP contribution in [0.15, 0.2) is 241 Å². The molecule has 0 saturated carbocycles. The van der Waals surface area contributed by atoms with Gasteiger partial charge in [0, 0.05) is 38.4 Å². The molecular weight excluding hydrogens is 739 g/mol. The van der Waals surface area contributed by atoms with Gasteiger partial charge in [0.05, 0.1) is 22.5 Å². The molecule has 10 aromatic carbocycles. The van der Waals surface area contributed by atoms with E-state index >= 15 is 0 Å². The SMILES string of the molecule is c1ccc(-c2ccccc2N(c2ccccc2-c2cccc3c2oc2c4ccccc4ccc32)c2cccc3c2-c2ccccc2C3(c2ccccc2)c2ccccc2)cc1. The monoisotopic (exact) mass is 777 g/mol. The van der Waals surface area contributed by atoms with E-state index in [9.17, 15) is 0 Å². The smallest absolute Gasteiger partial charge is 0.143 e. The van der Waals surface area contributed by atoms with Crippen molar-refractivity contribution in [3.05, 3.63) is 259 Å². The van der Waals surface area contributed by atoms with Gasteiger partial charge in [0.15, 0.2) is 0 Å². The first kappa shape index (κ1) is 35.0. The summed E-state index contributed by atoms with van der Waals surface area (Å²) in [5.74, 6) is 0. The topological polar surface area (TPSA) is 16.4 Å². The van der Waals surface area contributed by atoms with Gasteiger partial charge in [-0.3, -0.25) is 0 Å². The van der Waals surface area contributed by atoms with E-state index in [4.69, 9.17) is 4.42 Å². The van der Waals surface area contributed by atoms with Crippen LogP contribution in [0.5, 0.6) is 0 Å². The van der Waals surface area contributed by atoms with Crippen molar-refractivity contribution in [2.75, 3.05) is 4.90 Å². The zero-order chi connectivity index (χ0) is 40.3. The lowest BCUT2D eigenvalue weighted by molar-refractivity contribution is 0.674. The van der Waals surface area contributed by atoms with Crippen molar-refractivity contribution in [1.29, 1.82) is 0 Å². The number of hydrogen-bond acceptors (Lipinski definition) is 2. The van der Waals surface area contributed by atoms with Gasteiger partial charge < -0.3 is 9.32 Å². The predicted octanol–water partition coefficient (Wildman–Crippen LogP) is 15.9. The lowest BCUT2D eigenvalue weighted by Crippen LogP contribution is -2.28. The van der Waals surface area contributed by atoms with Gasteiger partial charge in [-0.1, -0.05) is 212 Å². The van der Waals surface area contributed by atoms with E-state index in [1.165, 1.54) is 38.8 Å². The van der Waals surface area contributed by atoms with Gasteiger partial charge in [-0.2, -0.15) is 0 Å². The highest BCUT2D eigenvalue weighted by Gasteiger charge is 2.47. The van der Waals surface area contributed by atoms with Crippen molar-refractivity contribution in [3.8, 4) is 33.4 Å². The Balaban J connectivity index is 1.18. The zero-order valence-corrected chi connectivity index (χ0v) is 33.4. The first-order valence-electron chi connectivity index (χ1n) is 21.0. The summed E-state index contributed by atoms with van der Waals surface area (Å²) in [7, 11) is 0. The molecule has 61 heavy (non-hydrogen) atoms. The Morgan fingerprint density at radius 3 is 1.57 bits per heavy atom. The first-order valence-corrected chi connectivity index (χ1v) is 21.0. The molecule has 0 N–H and O–H groups in total. The Hall–Kier alpha value is -7.94. The number of furan rings is 1. The maximum atomic E-state index is 7.02. The van der Waals surface area contributed by atoms with Gasteiger partial charge in [0.1, 0.15) is 11.2 Å². The third-order valence-electron chi connectivity index (χ3n) is 12.8. The number of nitrogens with zero attached hydrogens (tertiary/aromatic N) is 1. The minimum Gasteiger partial charge on any atom is -0.455 e. The second-order valence-electron chi connectivity index (χ2n) is 15.9. The average molecular weight is 778 g/mol. The van der Waals surface area contributed by atoms with Crippen LogP contribution in [0, 0.1) is 0 Å². The van der Waals surface area contributed by atoms with Crippen LogP contribution in [0.3, 0.4) is 0 Å². The molecule has 1 aliphatic rings. The van der Waals surface area contributed by atoms with Crippen LogP contribution in [-0.4, -0.2) is 0 Å². The molecule has 0 spiro atoms. The molecule has 1 aliphatic carbocycles. The Bertz CT molecular complexity index is 3380. The first-order chi connectivity index (χ1) is 30.3. The highest BCUT2D eigenvalue weighted by molar-refractivity contribution is 6.18. The maximum absolute atomic E-state index is 7.02. The third kappa shape index (κ3) is 5.29. The molecule has 0 radical (unpaired) electrons. The zero-order valence-electron chi connectivity index (χ0n) is 33.4. The molecule has 0 aliphatic heterocycles. The third-order valence-corrected chi connectivity index (χ3v) is 12.8. The van der Waals surface area contributed by atoms with Gasteiger partial charge in [-0.25, -0.2) is 0 Å². The average Bonchev–Trinajstić information content (AvgIpc) is 3.88. The van der Waals surface area contributed by atoms with Crippen LogP contribution in [0.25, 0.3) is 66.1 Å². The van der Waals surface area contributed by atoms with E-state index in [-0.39, 0.29) is 0 Å². The Labute approximate surface area is 355 Å². The normalized spacial score (nSPS) is 12.7. The molecule has 11 aromatic rings. The van der Waals surface area contributed by atoms with Crippen molar-refractivity contribution >= 4 is 49.8 Å². The van der Waals surface area contributed by atoms with E-state index in [0.29, 0.717) is 0 Å². The molecule has 1 heterocycles. The van der Waals surface area contributed by atoms with Gasteiger partial charge in [0.2, 0.25) is 0 Å². The standard InChI is InChI=1S/C59H39NO/c1-4-20-40(21-5-1)44-27-13-16-35-53(44)60(54-36-17-14-29-46(54)47-31-18-32-48-49-39-38-41-22-10-11-28-45(41)57(49)61-58(47)48)55-37-19-34-52-56(55)50-30-12-15-33-51(50)59(52,42-23-6-2-7-24-42)43-25-8-3-9-26-43/h1-39H. The molecule has 1 aromatic heterocycles. The predicted molar refractivity (Wildman–Crippen MR) is 254 cm³/mol. The minimum atomic E-state index is -0.544. The van der Waals surface area contributed by atoms with Crippen LogP contribution >= 0.6 is 0 Å². The minimum absolute atomic E-state index is 0.544. The van der Waals surface area contributed by atoms with Crippen molar-refractivity contribution in [2.45, 2.75) is 5.41 Å². The van der Waals surface area contributed by atoms with Crippen LogP contribution in [0.1, 0.15) is 22.3 Å². The van der Waals surface area contributed by atoms with Crippen LogP contribution < -0.4 is 4.90 Å². The lowest BCUT2D eigenvalue weighted by atomic mass is 9.68. The van der Waals surface area contributed by atoms with Crippen LogP contribution in [0.4, 0.5) is 17.1 Å². The summed E-state index contributed by atoms with van der Waals surface area (Å²) in [5, 5.41) is 4.51. The van der Waals surface area contributed by atoms with Crippen molar-refractivity contribution in [1.82, 2.24) is 0 Å². The molecule has 0 bridgehead atoms. The fourth-order valence-corrected chi connectivity index (χ4v) is 10.2. The lowest BCUT2D eigenvalue weighted by Gasteiger charge is -2.35. The van der Waals surface area contributed by atoms with Crippen molar-refractivity contribution in [3.63, 3.8) is 0 Å². The Morgan fingerprint density at radius 2 is 0.820 bits per heavy atom. The molecule has 286 valence electrons. The number of rotatable bonds is 7. The molecule has 2 nitrogen and oxygen atoms in total. The Morgan fingerprint density at radius 1 is 0.311 bits per heavy atom. The molecule has 12 rings (SSSR count). The summed E-state index contributed by atoms with van der Waals surface area (Å²) in [5.41, 5.74) is 16.4. The number of benzene rings is 10. The highest BCUT2D eigenvalue weighted by atomic mass is 16.3.